The van der Waals surface area contributed by atoms with Gasteiger partial charge in [-0.2, -0.15) is 17.0 Å². The molecule has 0 spiro atoms. The van der Waals surface area contributed by atoms with Gasteiger partial charge in [-0.3, -0.25) is 0 Å². The molecule has 1 heterocycles. The fourth-order valence-corrected chi connectivity index (χ4v) is 4.02. The van der Waals surface area contributed by atoms with E-state index in [0.29, 0.717) is 39.0 Å². The summed E-state index contributed by atoms with van der Waals surface area (Å²) in [5.41, 5.74) is 0.981. The lowest BCUT2D eigenvalue weighted by Gasteiger charge is -2.33. The van der Waals surface area contributed by atoms with Crippen molar-refractivity contribution in [3.63, 3.8) is 0 Å². The molecule has 112 valence electrons. The minimum absolute atomic E-state index is 0.370. The normalized spacial score (nSPS) is 18.6. The number of benzene rings is 1. The molecule has 1 fully saturated rings. The summed E-state index contributed by atoms with van der Waals surface area (Å²) >= 11 is 0. The Labute approximate surface area is 121 Å². The highest BCUT2D eigenvalue weighted by Gasteiger charge is 2.31. The van der Waals surface area contributed by atoms with Gasteiger partial charge in [0.05, 0.1) is 6.10 Å². The van der Waals surface area contributed by atoms with E-state index in [0.717, 1.165) is 5.56 Å². The van der Waals surface area contributed by atoms with Crippen LogP contribution in [0.15, 0.2) is 30.3 Å². The zero-order valence-electron chi connectivity index (χ0n) is 11.8. The van der Waals surface area contributed by atoms with Gasteiger partial charge in [-0.25, -0.2) is 0 Å². The largest absolute Gasteiger partial charge is 0.393 e. The van der Waals surface area contributed by atoms with Crippen LogP contribution in [-0.2, 0) is 16.8 Å². The van der Waals surface area contributed by atoms with Crippen molar-refractivity contribution in [3.05, 3.63) is 35.9 Å². The summed E-state index contributed by atoms with van der Waals surface area (Å²) in [7, 11) is -3.44. The Kier molecular flexibility index (Phi) is 5.15. The second-order valence-corrected chi connectivity index (χ2v) is 6.98. The third-order valence-electron chi connectivity index (χ3n) is 3.63. The van der Waals surface area contributed by atoms with Crippen molar-refractivity contribution < 1.29 is 13.5 Å². The number of aliphatic hydroxyl groups excluding tert-OH is 1. The molecule has 6 heteroatoms. The summed E-state index contributed by atoms with van der Waals surface area (Å²) < 4.78 is 28.2. The highest BCUT2D eigenvalue weighted by molar-refractivity contribution is 7.86. The molecule has 0 amide bonds. The van der Waals surface area contributed by atoms with Crippen molar-refractivity contribution in [1.29, 1.82) is 0 Å². The van der Waals surface area contributed by atoms with E-state index in [1.807, 2.05) is 37.3 Å². The van der Waals surface area contributed by atoms with E-state index in [9.17, 15) is 13.5 Å². The fourth-order valence-electron chi connectivity index (χ4n) is 2.38. The maximum Gasteiger partial charge on any atom is 0.282 e. The minimum Gasteiger partial charge on any atom is -0.393 e. The minimum atomic E-state index is -3.44. The molecule has 1 saturated heterocycles. The first kappa shape index (κ1) is 15.4. The van der Waals surface area contributed by atoms with Gasteiger partial charge in [-0.05, 0) is 18.4 Å². The van der Waals surface area contributed by atoms with Crippen LogP contribution in [0.3, 0.4) is 0 Å². The van der Waals surface area contributed by atoms with Gasteiger partial charge in [0.25, 0.3) is 10.2 Å². The number of rotatable bonds is 5. The van der Waals surface area contributed by atoms with Gasteiger partial charge in [-0.1, -0.05) is 37.3 Å². The van der Waals surface area contributed by atoms with Crippen LogP contribution in [0.5, 0.6) is 0 Å². The molecule has 0 saturated carbocycles. The van der Waals surface area contributed by atoms with E-state index in [-0.39, 0.29) is 6.10 Å². The van der Waals surface area contributed by atoms with E-state index in [1.165, 1.54) is 8.61 Å². The van der Waals surface area contributed by atoms with Crippen molar-refractivity contribution in [2.75, 3.05) is 19.6 Å². The number of hydrogen-bond acceptors (Lipinski definition) is 3. The monoisotopic (exact) mass is 298 g/mol. The fraction of sp³-hybridized carbons (Fsp3) is 0.571. The van der Waals surface area contributed by atoms with Crippen LogP contribution in [0.1, 0.15) is 25.3 Å². The summed E-state index contributed by atoms with van der Waals surface area (Å²) in [6.07, 6.45) is 0.662. The standard InChI is InChI=1S/C14H22N2O3S/c1-2-15(12-13-6-4-3-5-7-13)20(18,19)16-10-8-14(17)9-11-16/h3-7,14,17H,2,8-12H2,1H3. The summed E-state index contributed by atoms with van der Waals surface area (Å²) in [4.78, 5) is 0. The highest BCUT2D eigenvalue weighted by atomic mass is 32.2. The molecule has 5 nitrogen and oxygen atoms in total. The predicted molar refractivity (Wildman–Crippen MR) is 78.3 cm³/mol. The van der Waals surface area contributed by atoms with E-state index in [4.69, 9.17) is 0 Å². The molecule has 0 radical (unpaired) electrons. The average molecular weight is 298 g/mol. The SMILES string of the molecule is CCN(Cc1ccccc1)S(=O)(=O)N1CCC(O)CC1. The summed E-state index contributed by atoms with van der Waals surface area (Å²) in [5, 5.41) is 9.49. The van der Waals surface area contributed by atoms with E-state index < -0.39 is 10.2 Å². The lowest BCUT2D eigenvalue weighted by Crippen LogP contribution is -2.47. The lowest BCUT2D eigenvalue weighted by molar-refractivity contribution is 0.110. The molecule has 2 rings (SSSR count). The molecule has 0 unspecified atom stereocenters. The molecule has 0 atom stereocenters. The second-order valence-electron chi connectivity index (χ2n) is 5.05. The quantitative estimate of drug-likeness (QED) is 0.889. The zero-order chi connectivity index (χ0) is 14.6. The zero-order valence-corrected chi connectivity index (χ0v) is 12.6. The topological polar surface area (TPSA) is 60.9 Å². The summed E-state index contributed by atoms with van der Waals surface area (Å²) in [5.74, 6) is 0. The van der Waals surface area contributed by atoms with E-state index >= 15 is 0 Å². The van der Waals surface area contributed by atoms with Gasteiger partial charge < -0.3 is 5.11 Å². The first-order valence-corrected chi connectivity index (χ1v) is 8.41. The van der Waals surface area contributed by atoms with Crippen LogP contribution in [0, 0.1) is 0 Å². The van der Waals surface area contributed by atoms with Crippen molar-refractivity contribution in [1.82, 2.24) is 8.61 Å². The molecule has 0 bridgehead atoms. The van der Waals surface area contributed by atoms with E-state index in [2.05, 4.69) is 0 Å². The number of aliphatic hydroxyl groups is 1. The van der Waals surface area contributed by atoms with E-state index in [1.54, 1.807) is 0 Å². The molecular formula is C14H22N2O3S. The van der Waals surface area contributed by atoms with Gasteiger partial charge in [0.15, 0.2) is 0 Å². The van der Waals surface area contributed by atoms with Gasteiger partial charge in [0.1, 0.15) is 0 Å². The van der Waals surface area contributed by atoms with Crippen LogP contribution in [-0.4, -0.2) is 47.9 Å². The number of piperidine rings is 1. The maximum atomic E-state index is 12.6. The molecule has 20 heavy (non-hydrogen) atoms. The van der Waals surface area contributed by atoms with Gasteiger partial charge in [0.2, 0.25) is 0 Å². The van der Waals surface area contributed by atoms with Crippen LogP contribution in [0.4, 0.5) is 0 Å². The Morgan fingerprint density at radius 1 is 1.25 bits per heavy atom. The highest BCUT2D eigenvalue weighted by Crippen LogP contribution is 2.18. The van der Waals surface area contributed by atoms with Crippen LogP contribution in [0.2, 0.25) is 0 Å². The predicted octanol–water partition coefficient (Wildman–Crippen LogP) is 1.21. The smallest absolute Gasteiger partial charge is 0.282 e. The van der Waals surface area contributed by atoms with Crippen molar-refractivity contribution in [2.24, 2.45) is 0 Å². The molecule has 1 aliphatic rings. The number of nitrogens with zero attached hydrogens (tertiary/aromatic N) is 2. The Bertz CT molecular complexity index is 510. The molecule has 0 aromatic heterocycles. The molecular weight excluding hydrogens is 276 g/mol. The Balaban J connectivity index is 2.09. The Morgan fingerprint density at radius 3 is 2.40 bits per heavy atom. The average Bonchev–Trinajstić information content (AvgIpc) is 2.46. The molecule has 0 aliphatic carbocycles. The Morgan fingerprint density at radius 2 is 1.85 bits per heavy atom. The summed E-state index contributed by atoms with van der Waals surface area (Å²) in [6, 6.07) is 9.59. The van der Waals surface area contributed by atoms with Gasteiger partial charge in [-0.15, -0.1) is 0 Å². The van der Waals surface area contributed by atoms with Gasteiger partial charge >= 0.3 is 0 Å². The molecule has 1 aromatic carbocycles. The maximum absolute atomic E-state index is 12.6. The van der Waals surface area contributed by atoms with Crippen LogP contribution >= 0.6 is 0 Å². The van der Waals surface area contributed by atoms with Crippen LogP contribution < -0.4 is 0 Å². The Hall–Kier alpha value is -0.950. The molecule has 1 aromatic rings. The van der Waals surface area contributed by atoms with Gasteiger partial charge in [0, 0.05) is 26.2 Å². The van der Waals surface area contributed by atoms with Crippen LogP contribution in [0.25, 0.3) is 0 Å². The first-order valence-electron chi connectivity index (χ1n) is 7.01. The lowest BCUT2D eigenvalue weighted by atomic mass is 10.1. The molecule has 1 aliphatic heterocycles. The number of hydrogen-bond donors (Lipinski definition) is 1. The van der Waals surface area contributed by atoms with Crippen molar-refractivity contribution in [3.8, 4) is 0 Å². The second kappa shape index (κ2) is 6.67. The third-order valence-corrected chi connectivity index (χ3v) is 5.69. The summed E-state index contributed by atoms with van der Waals surface area (Å²) in [6.45, 7) is 3.47. The van der Waals surface area contributed by atoms with Crippen molar-refractivity contribution >= 4 is 10.2 Å². The first-order chi connectivity index (χ1) is 9.54. The molecule has 1 N–H and O–H groups in total. The van der Waals surface area contributed by atoms with Crippen molar-refractivity contribution in [2.45, 2.75) is 32.4 Å². The third kappa shape index (κ3) is 3.58.